The summed E-state index contributed by atoms with van der Waals surface area (Å²) in [4.78, 5) is 5.10. The Morgan fingerprint density at radius 3 is 2.32 bits per heavy atom. The zero-order valence-electron chi connectivity index (χ0n) is 13.0. The van der Waals surface area contributed by atoms with Crippen molar-refractivity contribution in [3.05, 3.63) is 0 Å². The average Bonchev–Trinajstić information content (AvgIpc) is 2.65. The second-order valence-corrected chi connectivity index (χ2v) is 6.85. The summed E-state index contributed by atoms with van der Waals surface area (Å²) in [6.45, 7) is 3.33. The summed E-state index contributed by atoms with van der Waals surface area (Å²) in [5.74, 6) is 0.857. The van der Waals surface area contributed by atoms with Gasteiger partial charge in [-0.2, -0.15) is 0 Å². The van der Waals surface area contributed by atoms with Crippen LogP contribution >= 0.6 is 0 Å². The molecule has 1 heterocycles. The van der Waals surface area contributed by atoms with E-state index in [9.17, 15) is 0 Å². The van der Waals surface area contributed by atoms with Gasteiger partial charge < -0.3 is 10.6 Å². The topological polar surface area (TPSA) is 32.5 Å². The van der Waals surface area contributed by atoms with Crippen LogP contribution in [0.25, 0.3) is 0 Å². The molecule has 2 aliphatic rings. The molecule has 1 saturated carbocycles. The van der Waals surface area contributed by atoms with Gasteiger partial charge in [0.25, 0.3) is 0 Å². The van der Waals surface area contributed by atoms with Crippen molar-refractivity contribution < 1.29 is 0 Å². The predicted molar refractivity (Wildman–Crippen MR) is 82.3 cm³/mol. The zero-order valence-corrected chi connectivity index (χ0v) is 13.0. The van der Waals surface area contributed by atoms with Crippen molar-refractivity contribution in [1.29, 1.82) is 0 Å². The van der Waals surface area contributed by atoms with Crippen LogP contribution < -0.4 is 5.73 Å². The maximum atomic E-state index is 6.17. The SMILES string of the molecule is CN(C)CC1CCCN1C(CN)C1CCCCCC1. The Morgan fingerprint density at radius 2 is 1.74 bits per heavy atom. The maximum Gasteiger partial charge on any atom is 0.0250 e. The monoisotopic (exact) mass is 267 g/mol. The third-order valence-electron chi connectivity index (χ3n) is 5.11. The average molecular weight is 267 g/mol. The van der Waals surface area contributed by atoms with Crippen LogP contribution in [0.1, 0.15) is 51.4 Å². The van der Waals surface area contributed by atoms with E-state index >= 15 is 0 Å². The molecule has 3 nitrogen and oxygen atoms in total. The van der Waals surface area contributed by atoms with Gasteiger partial charge in [-0.05, 0) is 52.2 Å². The number of hydrogen-bond donors (Lipinski definition) is 1. The summed E-state index contributed by atoms with van der Waals surface area (Å²) in [5, 5.41) is 0. The summed E-state index contributed by atoms with van der Waals surface area (Å²) in [6.07, 6.45) is 11.3. The van der Waals surface area contributed by atoms with Crippen molar-refractivity contribution in [2.75, 3.05) is 33.7 Å². The molecule has 2 N–H and O–H groups in total. The van der Waals surface area contributed by atoms with Gasteiger partial charge in [0.05, 0.1) is 0 Å². The van der Waals surface area contributed by atoms with Gasteiger partial charge in [-0.1, -0.05) is 25.7 Å². The first kappa shape index (κ1) is 15.3. The summed E-state index contributed by atoms with van der Waals surface area (Å²) in [5.41, 5.74) is 6.17. The molecular formula is C16H33N3. The van der Waals surface area contributed by atoms with Crippen molar-refractivity contribution in [2.45, 2.75) is 63.5 Å². The molecule has 2 atom stereocenters. The van der Waals surface area contributed by atoms with Gasteiger partial charge in [0.15, 0.2) is 0 Å². The lowest BCUT2D eigenvalue weighted by molar-refractivity contribution is 0.107. The highest BCUT2D eigenvalue weighted by Crippen LogP contribution is 2.31. The quantitative estimate of drug-likeness (QED) is 0.776. The minimum Gasteiger partial charge on any atom is -0.329 e. The summed E-state index contributed by atoms with van der Waals surface area (Å²) in [7, 11) is 4.39. The third kappa shape index (κ3) is 4.17. The van der Waals surface area contributed by atoms with Crippen molar-refractivity contribution in [2.24, 2.45) is 11.7 Å². The zero-order chi connectivity index (χ0) is 13.7. The second-order valence-electron chi connectivity index (χ2n) is 6.85. The molecule has 2 rings (SSSR count). The van der Waals surface area contributed by atoms with E-state index in [2.05, 4.69) is 23.9 Å². The normalized spacial score (nSPS) is 28.7. The van der Waals surface area contributed by atoms with Crippen LogP contribution in [-0.2, 0) is 0 Å². The minimum atomic E-state index is 0.644. The highest BCUT2D eigenvalue weighted by molar-refractivity contribution is 4.90. The summed E-state index contributed by atoms with van der Waals surface area (Å²) >= 11 is 0. The van der Waals surface area contributed by atoms with E-state index in [0.29, 0.717) is 6.04 Å². The Kier molecular flexibility index (Phi) is 6.11. The predicted octanol–water partition coefficient (Wildman–Crippen LogP) is 2.31. The van der Waals surface area contributed by atoms with Crippen molar-refractivity contribution in [3.8, 4) is 0 Å². The second kappa shape index (κ2) is 7.61. The molecular weight excluding hydrogens is 234 g/mol. The first-order chi connectivity index (χ1) is 9.22. The molecule has 19 heavy (non-hydrogen) atoms. The fraction of sp³-hybridized carbons (Fsp3) is 1.00. The number of hydrogen-bond acceptors (Lipinski definition) is 3. The standard InChI is InChI=1S/C16H33N3/c1-18(2)13-15-10-7-11-19(15)16(12-17)14-8-5-3-4-6-9-14/h14-16H,3-13,17H2,1-2H3. The number of nitrogens with zero attached hydrogens (tertiary/aromatic N) is 2. The first-order valence-corrected chi connectivity index (χ1v) is 8.33. The molecule has 1 aliphatic carbocycles. The molecule has 2 unspecified atom stereocenters. The smallest absolute Gasteiger partial charge is 0.0250 e. The Morgan fingerprint density at radius 1 is 1.05 bits per heavy atom. The van der Waals surface area contributed by atoms with Gasteiger partial charge in [0, 0.05) is 25.2 Å². The third-order valence-corrected chi connectivity index (χ3v) is 5.11. The van der Waals surface area contributed by atoms with Gasteiger partial charge in [-0.25, -0.2) is 0 Å². The molecule has 3 heteroatoms. The van der Waals surface area contributed by atoms with Crippen LogP contribution in [0.5, 0.6) is 0 Å². The van der Waals surface area contributed by atoms with Crippen LogP contribution in [0.3, 0.4) is 0 Å². The minimum absolute atomic E-state index is 0.644. The molecule has 0 aromatic carbocycles. The fourth-order valence-electron chi connectivity index (χ4n) is 4.21. The van der Waals surface area contributed by atoms with Crippen LogP contribution in [0, 0.1) is 5.92 Å². The van der Waals surface area contributed by atoms with E-state index in [1.54, 1.807) is 0 Å². The molecule has 0 bridgehead atoms. The van der Waals surface area contributed by atoms with Gasteiger partial charge in [-0.3, -0.25) is 4.90 Å². The van der Waals surface area contributed by atoms with Crippen LogP contribution in [0.2, 0.25) is 0 Å². The number of nitrogens with two attached hydrogens (primary N) is 1. The van der Waals surface area contributed by atoms with Crippen molar-refractivity contribution >= 4 is 0 Å². The Balaban J connectivity index is 1.98. The lowest BCUT2D eigenvalue weighted by atomic mass is 9.90. The van der Waals surface area contributed by atoms with Gasteiger partial charge in [-0.15, -0.1) is 0 Å². The van der Waals surface area contributed by atoms with Crippen molar-refractivity contribution in [3.63, 3.8) is 0 Å². The molecule has 112 valence electrons. The van der Waals surface area contributed by atoms with E-state index in [1.807, 2.05) is 0 Å². The van der Waals surface area contributed by atoms with Gasteiger partial charge >= 0.3 is 0 Å². The van der Waals surface area contributed by atoms with Crippen molar-refractivity contribution in [1.82, 2.24) is 9.80 Å². The van der Waals surface area contributed by atoms with Crippen LogP contribution in [0.15, 0.2) is 0 Å². The highest BCUT2D eigenvalue weighted by Gasteiger charge is 2.34. The Labute approximate surface area is 119 Å². The van der Waals surface area contributed by atoms with Gasteiger partial charge in [0.2, 0.25) is 0 Å². The molecule has 0 aromatic rings. The maximum absolute atomic E-state index is 6.17. The Bertz CT molecular complexity index is 246. The van der Waals surface area contributed by atoms with Gasteiger partial charge in [0.1, 0.15) is 0 Å². The summed E-state index contributed by atoms with van der Waals surface area (Å²) in [6, 6.07) is 1.39. The molecule has 1 aliphatic heterocycles. The van der Waals surface area contributed by atoms with E-state index in [-0.39, 0.29) is 0 Å². The van der Waals surface area contributed by atoms with E-state index < -0.39 is 0 Å². The number of rotatable bonds is 5. The molecule has 0 aromatic heterocycles. The highest BCUT2D eigenvalue weighted by atomic mass is 15.2. The lowest BCUT2D eigenvalue weighted by Crippen LogP contribution is -2.50. The molecule has 2 fully saturated rings. The van der Waals surface area contributed by atoms with E-state index in [1.165, 1.54) is 64.5 Å². The first-order valence-electron chi connectivity index (χ1n) is 8.33. The lowest BCUT2D eigenvalue weighted by Gasteiger charge is -2.38. The molecule has 0 amide bonds. The van der Waals surface area contributed by atoms with Crippen LogP contribution in [-0.4, -0.2) is 55.6 Å². The fourth-order valence-corrected chi connectivity index (χ4v) is 4.21. The Hall–Kier alpha value is -0.120. The summed E-state index contributed by atoms with van der Waals surface area (Å²) < 4.78 is 0. The number of likely N-dealkylation sites (N-methyl/N-ethyl adjacent to an activating group) is 1. The molecule has 0 radical (unpaired) electrons. The molecule has 0 spiro atoms. The van der Waals surface area contributed by atoms with E-state index in [4.69, 9.17) is 5.73 Å². The molecule has 1 saturated heterocycles. The number of likely N-dealkylation sites (tertiary alicyclic amines) is 1. The van der Waals surface area contributed by atoms with E-state index in [0.717, 1.165) is 18.5 Å². The van der Waals surface area contributed by atoms with Crippen LogP contribution in [0.4, 0.5) is 0 Å². The largest absolute Gasteiger partial charge is 0.329 e.